The van der Waals surface area contributed by atoms with Crippen molar-refractivity contribution in [3.05, 3.63) is 35.9 Å². The van der Waals surface area contributed by atoms with E-state index in [9.17, 15) is 5.11 Å². The molecule has 0 saturated heterocycles. The van der Waals surface area contributed by atoms with E-state index in [0.29, 0.717) is 6.61 Å². The minimum atomic E-state index is -0.480. The van der Waals surface area contributed by atoms with Gasteiger partial charge in [0.2, 0.25) is 0 Å². The summed E-state index contributed by atoms with van der Waals surface area (Å²) in [7, 11) is 1.65. The Morgan fingerprint density at radius 3 is 2.50 bits per heavy atom. The Hall–Kier alpha value is -0.900. The third-order valence-electron chi connectivity index (χ3n) is 2.70. The number of aliphatic hydroxyl groups excluding tert-OH is 1. The molecule has 0 saturated carbocycles. The van der Waals surface area contributed by atoms with Crippen LogP contribution in [-0.4, -0.2) is 32.0 Å². The number of benzene rings is 1. The second kappa shape index (κ2) is 6.63. The molecule has 2 N–H and O–H groups in total. The summed E-state index contributed by atoms with van der Waals surface area (Å²) in [5.74, 6) is 0. The first-order valence-electron chi connectivity index (χ1n) is 5.69. The molecule has 0 amide bonds. The van der Waals surface area contributed by atoms with E-state index in [1.165, 1.54) is 0 Å². The molecule has 1 atom stereocenters. The van der Waals surface area contributed by atoms with E-state index in [0.717, 1.165) is 18.5 Å². The van der Waals surface area contributed by atoms with E-state index in [1.807, 2.05) is 30.3 Å². The van der Waals surface area contributed by atoms with Crippen molar-refractivity contribution in [1.82, 2.24) is 5.32 Å². The SMILES string of the molecule is CCCNC(CO)(COC)c1ccccc1. The van der Waals surface area contributed by atoms with Gasteiger partial charge in [-0.25, -0.2) is 0 Å². The van der Waals surface area contributed by atoms with Gasteiger partial charge in [0, 0.05) is 7.11 Å². The molecule has 3 nitrogen and oxygen atoms in total. The van der Waals surface area contributed by atoms with Crippen LogP contribution in [-0.2, 0) is 10.3 Å². The molecule has 1 aromatic rings. The summed E-state index contributed by atoms with van der Waals surface area (Å²) >= 11 is 0. The van der Waals surface area contributed by atoms with Crippen LogP contribution in [0, 0.1) is 0 Å². The molecule has 0 bridgehead atoms. The quantitative estimate of drug-likeness (QED) is 0.736. The van der Waals surface area contributed by atoms with Gasteiger partial charge in [0.1, 0.15) is 0 Å². The first-order chi connectivity index (χ1) is 7.79. The summed E-state index contributed by atoms with van der Waals surface area (Å²) in [6.07, 6.45) is 1.03. The average Bonchev–Trinajstić information content (AvgIpc) is 2.36. The van der Waals surface area contributed by atoms with Crippen LogP contribution in [0.1, 0.15) is 18.9 Å². The molecule has 0 aromatic heterocycles. The molecule has 90 valence electrons. The Bertz CT molecular complexity index is 289. The summed E-state index contributed by atoms with van der Waals surface area (Å²) in [5.41, 5.74) is 0.583. The first kappa shape index (κ1) is 13.2. The second-order valence-electron chi connectivity index (χ2n) is 3.97. The Labute approximate surface area is 97.4 Å². The minimum Gasteiger partial charge on any atom is -0.394 e. The number of aliphatic hydroxyl groups is 1. The van der Waals surface area contributed by atoms with Gasteiger partial charge in [-0.2, -0.15) is 0 Å². The molecule has 0 heterocycles. The molecule has 16 heavy (non-hydrogen) atoms. The highest BCUT2D eigenvalue weighted by Crippen LogP contribution is 2.21. The molecule has 1 rings (SSSR count). The van der Waals surface area contributed by atoms with Crippen molar-refractivity contribution in [2.75, 3.05) is 26.9 Å². The smallest absolute Gasteiger partial charge is 0.0905 e. The topological polar surface area (TPSA) is 41.5 Å². The summed E-state index contributed by atoms with van der Waals surface area (Å²) in [6.45, 7) is 3.46. The molecule has 0 aliphatic rings. The predicted molar refractivity (Wildman–Crippen MR) is 65.4 cm³/mol. The van der Waals surface area contributed by atoms with Crippen LogP contribution in [0.2, 0.25) is 0 Å². The minimum absolute atomic E-state index is 0.0326. The monoisotopic (exact) mass is 223 g/mol. The fourth-order valence-electron chi connectivity index (χ4n) is 1.80. The fourth-order valence-corrected chi connectivity index (χ4v) is 1.80. The molecule has 1 unspecified atom stereocenters. The maximum absolute atomic E-state index is 9.65. The lowest BCUT2D eigenvalue weighted by Crippen LogP contribution is -2.49. The van der Waals surface area contributed by atoms with Gasteiger partial charge in [0.25, 0.3) is 0 Å². The van der Waals surface area contributed by atoms with Gasteiger partial charge in [-0.1, -0.05) is 37.3 Å². The molecule has 1 aromatic carbocycles. The van der Waals surface area contributed by atoms with Gasteiger partial charge in [-0.3, -0.25) is 0 Å². The van der Waals surface area contributed by atoms with Crippen LogP contribution in [0.3, 0.4) is 0 Å². The number of ether oxygens (including phenoxy) is 1. The summed E-state index contributed by atoms with van der Waals surface area (Å²) in [4.78, 5) is 0. The zero-order valence-corrected chi connectivity index (χ0v) is 10.1. The van der Waals surface area contributed by atoms with Crippen LogP contribution in [0.15, 0.2) is 30.3 Å². The molecule has 0 radical (unpaired) electrons. The highest BCUT2D eigenvalue weighted by Gasteiger charge is 2.30. The number of hydrogen-bond acceptors (Lipinski definition) is 3. The number of rotatable bonds is 7. The maximum atomic E-state index is 9.65. The molecule has 3 heteroatoms. The Morgan fingerprint density at radius 2 is 2.00 bits per heavy atom. The molecule has 0 aliphatic heterocycles. The zero-order valence-electron chi connectivity index (χ0n) is 10.1. The predicted octanol–water partition coefficient (Wildman–Crippen LogP) is 1.52. The van der Waals surface area contributed by atoms with Crippen LogP contribution < -0.4 is 5.32 Å². The fraction of sp³-hybridized carbons (Fsp3) is 0.538. The van der Waals surface area contributed by atoms with E-state index in [4.69, 9.17) is 4.74 Å². The second-order valence-corrected chi connectivity index (χ2v) is 3.97. The van der Waals surface area contributed by atoms with Crippen molar-refractivity contribution >= 4 is 0 Å². The van der Waals surface area contributed by atoms with Gasteiger partial charge in [0.15, 0.2) is 0 Å². The van der Waals surface area contributed by atoms with Crippen molar-refractivity contribution in [3.63, 3.8) is 0 Å². The lowest BCUT2D eigenvalue weighted by molar-refractivity contribution is 0.0607. The van der Waals surface area contributed by atoms with Crippen molar-refractivity contribution in [2.45, 2.75) is 18.9 Å². The van der Waals surface area contributed by atoms with Crippen molar-refractivity contribution in [1.29, 1.82) is 0 Å². The third-order valence-corrected chi connectivity index (χ3v) is 2.70. The normalized spacial score (nSPS) is 14.7. The molecule has 0 fully saturated rings. The molecule has 0 spiro atoms. The van der Waals surface area contributed by atoms with Crippen LogP contribution in [0.5, 0.6) is 0 Å². The lowest BCUT2D eigenvalue weighted by atomic mass is 9.91. The zero-order chi connectivity index (χ0) is 11.9. The summed E-state index contributed by atoms with van der Waals surface area (Å²) in [6, 6.07) is 9.94. The van der Waals surface area contributed by atoms with Crippen molar-refractivity contribution in [2.24, 2.45) is 0 Å². The third kappa shape index (κ3) is 3.04. The molecule has 0 aliphatic carbocycles. The van der Waals surface area contributed by atoms with E-state index < -0.39 is 5.54 Å². The van der Waals surface area contributed by atoms with E-state index in [1.54, 1.807) is 7.11 Å². The van der Waals surface area contributed by atoms with Gasteiger partial charge >= 0.3 is 0 Å². The van der Waals surface area contributed by atoms with Crippen molar-refractivity contribution in [3.8, 4) is 0 Å². The van der Waals surface area contributed by atoms with E-state index >= 15 is 0 Å². The first-order valence-corrected chi connectivity index (χ1v) is 5.69. The van der Waals surface area contributed by atoms with Gasteiger partial charge in [-0.05, 0) is 18.5 Å². The standard InChI is InChI=1S/C13H21NO2/c1-3-9-14-13(10-15,11-16-2)12-7-5-4-6-8-12/h4-8,14-15H,3,9-11H2,1-2H3. The van der Waals surface area contributed by atoms with Gasteiger partial charge in [-0.15, -0.1) is 0 Å². The van der Waals surface area contributed by atoms with Gasteiger partial charge < -0.3 is 15.2 Å². The highest BCUT2D eigenvalue weighted by molar-refractivity contribution is 5.25. The Balaban J connectivity index is 2.92. The van der Waals surface area contributed by atoms with Crippen LogP contribution in [0.4, 0.5) is 0 Å². The highest BCUT2D eigenvalue weighted by atomic mass is 16.5. The summed E-state index contributed by atoms with van der Waals surface area (Å²) in [5, 5.41) is 13.0. The van der Waals surface area contributed by atoms with Crippen LogP contribution >= 0.6 is 0 Å². The Morgan fingerprint density at radius 1 is 1.31 bits per heavy atom. The average molecular weight is 223 g/mol. The lowest BCUT2D eigenvalue weighted by Gasteiger charge is -2.33. The number of hydrogen-bond donors (Lipinski definition) is 2. The molecular weight excluding hydrogens is 202 g/mol. The van der Waals surface area contributed by atoms with E-state index in [2.05, 4.69) is 12.2 Å². The molecular formula is C13H21NO2. The van der Waals surface area contributed by atoms with E-state index in [-0.39, 0.29) is 6.61 Å². The summed E-state index contributed by atoms with van der Waals surface area (Å²) < 4.78 is 5.23. The maximum Gasteiger partial charge on any atom is 0.0905 e. The number of nitrogens with one attached hydrogen (secondary N) is 1. The Kier molecular flexibility index (Phi) is 5.46. The largest absolute Gasteiger partial charge is 0.394 e. The van der Waals surface area contributed by atoms with Gasteiger partial charge in [0.05, 0.1) is 18.8 Å². The number of methoxy groups -OCH3 is 1. The van der Waals surface area contributed by atoms with Crippen molar-refractivity contribution < 1.29 is 9.84 Å². The van der Waals surface area contributed by atoms with Crippen LogP contribution in [0.25, 0.3) is 0 Å².